The SMILES string of the molecule is CCCCOCCOCCOC(=O)c1ccccc1. The van der Waals surface area contributed by atoms with E-state index in [1.54, 1.807) is 24.3 Å². The highest BCUT2D eigenvalue weighted by Crippen LogP contribution is 2.00. The van der Waals surface area contributed by atoms with Crippen LogP contribution in [-0.4, -0.2) is 39.0 Å². The number of benzene rings is 1. The summed E-state index contributed by atoms with van der Waals surface area (Å²) in [6.07, 6.45) is 2.21. The molecule has 0 bridgehead atoms. The third-order valence-corrected chi connectivity index (χ3v) is 2.48. The highest BCUT2D eigenvalue weighted by Gasteiger charge is 2.04. The minimum atomic E-state index is -0.316. The number of rotatable bonds is 10. The van der Waals surface area contributed by atoms with Gasteiger partial charge in [0.2, 0.25) is 0 Å². The van der Waals surface area contributed by atoms with E-state index in [0.717, 1.165) is 19.4 Å². The van der Waals surface area contributed by atoms with E-state index in [0.29, 0.717) is 25.4 Å². The zero-order valence-corrected chi connectivity index (χ0v) is 11.5. The molecule has 0 radical (unpaired) electrons. The summed E-state index contributed by atoms with van der Waals surface area (Å²) >= 11 is 0. The lowest BCUT2D eigenvalue weighted by Crippen LogP contribution is -2.13. The Morgan fingerprint density at radius 1 is 0.947 bits per heavy atom. The summed E-state index contributed by atoms with van der Waals surface area (Å²) in [7, 11) is 0. The molecule has 0 aliphatic carbocycles. The lowest BCUT2D eigenvalue weighted by atomic mass is 10.2. The van der Waals surface area contributed by atoms with Gasteiger partial charge in [-0.2, -0.15) is 0 Å². The highest BCUT2D eigenvalue weighted by molar-refractivity contribution is 5.89. The fourth-order valence-electron chi connectivity index (χ4n) is 1.42. The molecule has 1 aromatic rings. The number of unbranched alkanes of at least 4 members (excludes halogenated alkanes) is 1. The summed E-state index contributed by atoms with van der Waals surface area (Å²) in [6, 6.07) is 8.93. The summed E-state index contributed by atoms with van der Waals surface area (Å²) in [5.74, 6) is -0.316. The van der Waals surface area contributed by atoms with E-state index in [1.807, 2.05) is 6.07 Å². The van der Waals surface area contributed by atoms with Crippen LogP contribution in [-0.2, 0) is 14.2 Å². The number of esters is 1. The van der Waals surface area contributed by atoms with Gasteiger partial charge in [0.25, 0.3) is 0 Å². The quantitative estimate of drug-likeness (QED) is 0.482. The summed E-state index contributed by atoms with van der Waals surface area (Å²) in [6.45, 7) is 4.70. The van der Waals surface area contributed by atoms with Crippen molar-refractivity contribution in [3.63, 3.8) is 0 Å². The third-order valence-electron chi connectivity index (χ3n) is 2.48. The van der Waals surface area contributed by atoms with Crippen molar-refractivity contribution >= 4 is 5.97 Å². The molecular formula is C15H22O4. The molecule has 0 atom stereocenters. The molecule has 4 nitrogen and oxygen atoms in total. The summed E-state index contributed by atoms with van der Waals surface area (Å²) in [5.41, 5.74) is 0.561. The molecule has 0 aromatic heterocycles. The van der Waals surface area contributed by atoms with Crippen LogP contribution in [0.3, 0.4) is 0 Å². The van der Waals surface area contributed by atoms with Gasteiger partial charge in [-0.05, 0) is 18.6 Å². The first kappa shape index (κ1) is 15.7. The van der Waals surface area contributed by atoms with Crippen LogP contribution in [0.1, 0.15) is 30.1 Å². The van der Waals surface area contributed by atoms with Gasteiger partial charge in [0.15, 0.2) is 0 Å². The van der Waals surface area contributed by atoms with E-state index < -0.39 is 0 Å². The molecule has 0 aliphatic rings. The molecule has 0 N–H and O–H groups in total. The van der Waals surface area contributed by atoms with E-state index in [-0.39, 0.29) is 12.6 Å². The summed E-state index contributed by atoms with van der Waals surface area (Å²) in [4.78, 5) is 11.5. The van der Waals surface area contributed by atoms with E-state index in [2.05, 4.69) is 6.92 Å². The minimum absolute atomic E-state index is 0.267. The Morgan fingerprint density at radius 2 is 1.58 bits per heavy atom. The second-order valence-electron chi connectivity index (χ2n) is 4.08. The van der Waals surface area contributed by atoms with E-state index in [9.17, 15) is 4.79 Å². The molecule has 0 aliphatic heterocycles. The first-order chi connectivity index (χ1) is 9.34. The van der Waals surface area contributed by atoms with Crippen LogP contribution >= 0.6 is 0 Å². The first-order valence-corrected chi connectivity index (χ1v) is 6.72. The number of ether oxygens (including phenoxy) is 3. The number of hydrogen-bond donors (Lipinski definition) is 0. The van der Waals surface area contributed by atoms with E-state index >= 15 is 0 Å². The Hall–Kier alpha value is -1.39. The van der Waals surface area contributed by atoms with E-state index in [1.165, 1.54) is 0 Å². The Labute approximate surface area is 114 Å². The molecule has 1 rings (SSSR count). The molecule has 0 saturated heterocycles. The maximum atomic E-state index is 11.5. The van der Waals surface area contributed by atoms with Crippen LogP contribution in [0.2, 0.25) is 0 Å². The summed E-state index contributed by atoms with van der Waals surface area (Å²) < 4.78 is 15.7. The smallest absolute Gasteiger partial charge is 0.338 e. The van der Waals surface area contributed by atoms with Gasteiger partial charge in [-0.3, -0.25) is 0 Å². The second-order valence-corrected chi connectivity index (χ2v) is 4.08. The van der Waals surface area contributed by atoms with Crippen LogP contribution in [0.25, 0.3) is 0 Å². The van der Waals surface area contributed by atoms with Gasteiger partial charge in [0.1, 0.15) is 6.61 Å². The predicted molar refractivity (Wildman–Crippen MR) is 73.3 cm³/mol. The fraction of sp³-hybridized carbons (Fsp3) is 0.533. The van der Waals surface area contributed by atoms with Crippen molar-refractivity contribution in [3.8, 4) is 0 Å². The Morgan fingerprint density at radius 3 is 2.26 bits per heavy atom. The molecule has 1 aromatic carbocycles. The van der Waals surface area contributed by atoms with Gasteiger partial charge in [-0.1, -0.05) is 31.5 Å². The third kappa shape index (κ3) is 7.59. The zero-order valence-electron chi connectivity index (χ0n) is 11.5. The molecule has 0 spiro atoms. The van der Waals surface area contributed by atoms with Gasteiger partial charge in [0.05, 0.1) is 25.4 Å². The summed E-state index contributed by atoms with van der Waals surface area (Å²) in [5, 5.41) is 0. The fourth-order valence-corrected chi connectivity index (χ4v) is 1.42. The minimum Gasteiger partial charge on any atom is -0.460 e. The Bertz CT molecular complexity index is 337. The van der Waals surface area contributed by atoms with Crippen molar-refractivity contribution in [2.24, 2.45) is 0 Å². The van der Waals surface area contributed by atoms with E-state index in [4.69, 9.17) is 14.2 Å². The van der Waals surface area contributed by atoms with Crippen molar-refractivity contribution in [2.75, 3.05) is 33.0 Å². The number of carbonyl (C=O) groups excluding carboxylic acids is 1. The monoisotopic (exact) mass is 266 g/mol. The Kier molecular flexibility index (Phi) is 8.68. The molecule has 0 unspecified atom stereocenters. The van der Waals surface area contributed by atoms with Crippen LogP contribution in [0.15, 0.2) is 30.3 Å². The zero-order chi connectivity index (χ0) is 13.8. The van der Waals surface area contributed by atoms with Gasteiger partial charge >= 0.3 is 5.97 Å². The van der Waals surface area contributed by atoms with Crippen LogP contribution in [0.5, 0.6) is 0 Å². The van der Waals surface area contributed by atoms with Crippen LogP contribution < -0.4 is 0 Å². The predicted octanol–water partition coefficient (Wildman–Crippen LogP) is 2.68. The van der Waals surface area contributed by atoms with Crippen molar-refractivity contribution in [3.05, 3.63) is 35.9 Å². The first-order valence-electron chi connectivity index (χ1n) is 6.72. The molecule has 4 heteroatoms. The van der Waals surface area contributed by atoms with Crippen LogP contribution in [0, 0.1) is 0 Å². The number of carbonyl (C=O) groups is 1. The van der Waals surface area contributed by atoms with Crippen molar-refractivity contribution in [1.82, 2.24) is 0 Å². The molecular weight excluding hydrogens is 244 g/mol. The average Bonchev–Trinajstić information content (AvgIpc) is 2.46. The molecule has 0 saturated carbocycles. The van der Waals surface area contributed by atoms with Gasteiger partial charge in [0, 0.05) is 6.61 Å². The van der Waals surface area contributed by atoms with Crippen LogP contribution in [0.4, 0.5) is 0 Å². The molecule has 0 amide bonds. The average molecular weight is 266 g/mol. The maximum absolute atomic E-state index is 11.5. The second kappa shape index (κ2) is 10.5. The lowest BCUT2D eigenvalue weighted by molar-refractivity contribution is 0.0143. The normalized spacial score (nSPS) is 10.4. The van der Waals surface area contributed by atoms with Crippen molar-refractivity contribution < 1.29 is 19.0 Å². The standard InChI is InChI=1S/C15H22O4/c1-2-3-9-17-10-11-18-12-13-19-15(16)14-7-5-4-6-8-14/h4-8H,2-3,9-13H2,1H3. The number of hydrogen-bond acceptors (Lipinski definition) is 4. The van der Waals surface area contributed by atoms with Gasteiger partial charge in [-0.25, -0.2) is 4.79 Å². The van der Waals surface area contributed by atoms with Gasteiger partial charge < -0.3 is 14.2 Å². The maximum Gasteiger partial charge on any atom is 0.338 e. The van der Waals surface area contributed by atoms with Gasteiger partial charge in [-0.15, -0.1) is 0 Å². The lowest BCUT2D eigenvalue weighted by Gasteiger charge is -2.06. The Balaban J connectivity index is 1.95. The highest BCUT2D eigenvalue weighted by atomic mass is 16.6. The largest absolute Gasteiger partial charge is 0.460 e. The molecule has 0 fully saturated rings. The van der Waals surface area contributed by atoms with Crippen molar-refractivity contribution in [1.29, 1.82) is 0 Å². The van der Waals surface area contributed by atoms with Crippen molar-refractivity contribution in [2.45, 2.75) is 19.8 Å². The molecule has 19 heavy (non-hydrogen) atoms. The molecule has 106 valence electrons. The topological polar surface area (TPSA) is 44.8 Å². The molecule has 0 heterocycles.